The minimum absolute atomic E-state index is 0.0899. The number of sulfone groups is 1. The highest BCUT2D eigenvalue weighted by atomic mass is 32.2. The SMILES string of the molecule is CC(=O)Nc1ccc(-c2cc3cc(N4CCS(=O)(=O)CC4)cc(N(C)C4CCOCC4)c3n2C2CCOCC2)cc1. The first-order valence-electron chi connectivity index (χ1n) is 14.7. The number of aromatic nitrogens is 1. The molecular formula is C31H40N4O5S. The van der Waals surface area contributed by atoms with E-state index in [1.807, 2.05) is 12.1 Å². The summed E-state index contributed by atoms with van der Waals surface area (Å²) in [7, 11) is -0.789. The van der Waals surface area contributed by atoms with Crippen molar-refractivity contribution in [1.29, 1.82) is 0 Å². The van der Waals surface area contributed by atoms with E-state index in [1.165, 1.54) is 18.1 Å². The molecule has 3 aliphatic rings. The summed E-state index contributed by atoms with van der Waals surface area (Å²) in [6.45, 7) is 5.51. The number of fused-ring (bicyclic) bond motifs is 1. The molecule has 0 aliphatic carbocycles. The molecule has 3 aliphatic heterocycles. The van der Waals surface area contributed by atoms with Crippen LogP contribution in [0.15, 0.2) is 42.5 Å². The number of nitrogens with one attached hydrogen (secondary N) is 1. The molecule has 41 heavy (non-hydrogen) atoms. The second-order valence-corrected chi connectivity index (χ2v) is 13.8. The molecule has 3 aromatic rings. The van der Waals surface area contributed by atoms with Gasteiger partial charge in [0.2, 0.25) is 5.91 Å². The van der Waals surface area contributed by atoms with Gasteiger partial charge in [0.1, 0.15) is 0 Å². The van der Waals surface area contributed by atoms with Gasteiger partial charge in [-0.2, -0.15) is 0 Å². The Labute approximate surface area is 242 Å². The quantitative estimate of drug-likeness (QED) is 0.460. The molecule has 0 unspecified atom stereocenters. The first-order chi connectivity index (χ1) is 19.8. The van der Waals surface area contributed by atoms with Crippen molar-refractivity contribution in [3.05, 3.63) is 42.5 Å². The molecule has 0 atom stereocenters. The third-order valence-corrected chi connectivity index (χ3v) is 10.4. The van der Waals surface area contributed by atoms with E-state index in [1.54, 1.807) is 0 Å². The van der Waals surface area contributed by atoms with Crippen molar-refractivity contribution in [2.45, 2.75) is 44.7 Å². The molecule has 1 amide bonds. The predicted molar refractivity (Wildman–Crippen MR) is 164 cm³/mol. The van der Waals surface area contributed by atoms with Crippen LogP contribution in [0.4, 0.5) is 17.1 Å². The predicted octanol–water partition coefficient (Wildman–Crippen LogP) is 4.47. The van der Waals surface area contributed by atoms with Crippen molar-refractivity contribution in [3.63, 3.8) is 0 Å². The number of anilines is 3. The van der Waals surface area contributed by atoms with Crippen molar-refractivity contribution in [2.75, 3.05) is 73.2 Å². The van der Waals surface area contributed by atoms with Crippen LogP contribution in [0.3, 0.4) is 0 Å². The minimum Gasteiger partial charge on any atom is -0.381 e. The monoisotopic (exact) mass is 580 g/mol. The van der Waals surface area contributed by atoms with Crippen LogP contribution in [-0.2, 0) is 24.1 Å². The lowest BCUT2D eigenvalue weighted by Crippen LogP contribution is -2.40. The van der Waals surface area contributed by atoms with Crippen molar-refractivity contribution >= 4 is 43.7 Å². The minimum atomic E-state index is -2.98. The van der Waals surface area contributed by atoms with Gasteiger partial charge in [-0.15, -0.1) is 0 Å². The number of amides is 1. The Kier molecular flexibility index (Phi) is 7.98. The van der Waals surface area contributed by atoms with E-state index >= 15 is 0 Å². The van der Waals surface area contributed by atoms with Gasteiger partial charge in [0.05, 0.1) is 22.7 Å². The Bertz CT molecular complexity index is 1490. The number of benzene rings is 2. The summed E-state index contributed by atoms with van der Waals surface area (Å²) < 4.78 is 38.4. The van der Waals surface area contributed by atoms with Crippen molar-refractivity contribution in [3.8, 4) is 11.3 Å². The van der Waals surface area contributed by atoms with Crippen LogP contribution in [0.5, 0.6) is 0 Å². The molecule has 3 fully saturated rings. The average molecular weight is 581 g/mol. The molecule has 3 saturated heterocycles. The maximum atomic E-state index is 12.2. The fourth-order valence-corrected chi connectivity index (χ4v) is 7.70. The lowest BCUT2D eigenvalue weighted by atomic mass is 10.0. The van der Waals surface area contributed by atoms with Crippen LogP contribution in [0, 0.1) is 0 Å². The van der Waals surface area contributed by atoms with Crippen LogP contribution in [-0.4, -0.2) is 83.0 Å². The van der Waals surface area contributed by atoms with E-state index in [0.717, 1.165) is 80.1 Å². The molecule has 0 saturated carbocycles. The third kappa shape index (κ3) is 5.96. The fourth-order valence-electron chi connectivity index (χ4n) is 6.50. The number of ether oxygens (including phenoxy) is 2. The molecule has 9 nitrogen and oxygen atoms in total. The lowest BCUT2D eigenvalue weighted by Gasteiger charge is -2.36. The zero-order chi connectivity index (χ0) is 28.6. The van der Waals surface area contributed by atoms with Crippen LogP contribution >= 0.6 is 0 Å². The highest BCUT2D eigenvalue weighted by molar-refractivity contribution is 7.91. The normalized spacial score (nSPS) is 20.3. The Morgan fingerprint density at radius 2 is 1.56 bits per heavy atom. The van der Waals surface area contributed by atoms with Crippen LogP contribution in [0.1, 0.15) is 38.6 Å². The molecule has 4 heterocycles. The standard InChI is InChI=1S/C31H40N4O5S/c1-22(36)32-25-5-3-23(4-6-25)29-20-24-19-28(34-11-17-41(37,38)18-12-34)21-30(33(2)26-7-13-39-14-8-26)31(24)35(29)27-9-15-40-16-10-27/h3-6,19-21,26-27H,7-18H2,1-2H3,(H,32,36). The molecule has 6 rings (SSSR count). The van der Waals surface area contributed by atoms with Gasteiger partial charge in [-0.25, -0.2) is 8.42 Å². The van der Waals surface area contributed by atoms with Gasteiger partial charge in [0.15, 0.2) is 9.84 Å². The Balaban J connectivity index is 1.51. The Morgan fingerprint density at radius 3 is 2.20 bits per heavy atom. The third-order valence-electron chi connectivity index (χ3n) is 8.78. The summed E-state index contributed by atoms with van der Waals surface area (Å²) in [6, 6.07) is 15.5. The molecule has 2 aromatic carbocycles. The van der Waals surface area contributed by atoms with E-state index < -0.39 is 9.84 Å². The zero-order valence-electron chi connectivity index (χ0n) is 24.0. The summed E-state index contributed by atoms with van der Waals surface area (Å²) in [4.78, 5) is 16.2. The fraction of sp³-hybridized carbons (Fsp3) is 0.516. The van der Waals surface area contributed by atoms with Gasteiger partial charge in [-0.05, 0) is 61.6 Å². The van der Waals surface area contributed by atoms with E-state index in [-0.39, 0.29) is 17.4 Å². The molecule has 1 N–H and O–H groups in total. The van der Waals surface area contributed by atoms with Crippen molar-refractivity contribution in [2.24, 2.45) is 0 Å². The van der Waals surface area contributed by atoms with Gasteiger partial charge in [0.25, 0.3) is 0 Å². The maximum Gasteiger partial charge on any atom is 0.221 e. The van der Waals surface area contributed by atoms with E-state index in [0.29, 0.717) is 25.2 Å². The molecular weight excluding hydrogens is 540 g/mol. The lowest BCUT2D eigenvalue weighted by molar-refractivity contribution is -0.114. The number of rotatable bonds is 6. The topological polar surface area (TPSA) is 93.1 Å². The van der Waals surface area contributed by atoms with Crippen LogP contribution in [0.2, 0.25) is 0 Å². The molecule has 10 heteroatoms. The second kappa shape index (κ2) is 11.7. The number of hydrogen-bond donors (Lipinski definition) is 1. The van der Waals surface area contributed by atoms with Crippen LogP contribution in [0.25, 0.3) is 22.2 Å². The number of nitrogens with zero attached hydrogens (tertiary/aromatic N) is 3. The summed E-state index contributed by atoms with van der Waals surface area (Å²) >= 11 is 0. The highest BCUT2D eigenvalue weighted by Gasteiger charge is 2.29. The summed E-state index contributed by atoms with van der Waals surface area (Å²) in [5.74, 6) is 0.281. The van der Waals surface area contributed by atoms with Crippen LogP contribution < -0.4 is 15.1 Å². The smallest absolute Gasteiger partial charge is 0.221 e. The van der Waals surface area contributed by atoms with Gasteiger partial charge in [-0.1, -0.05) is 12.1 Å². The van der Waals surface area contributed by atoms with E-state index in [9.17, 15) is 13.2 Å². The molecule has 0 bridgehead atoms. The summed E-state index contributed by atoms with van der Waals surface area (Å²) in [5, 5.41) is 4.02. The van der Waals surface area contributed by atoms with Gasteiger partial charge < -0.3 is 29.2 Å². The first-order valence-corrected chi connectivity index (χ1v) is 16.5. The zero-order valence-corrected chi connectivity index (χ0v) is 24.8. The molecule has 220 valence electrons. The van der Waals surface area contributed by atoms with Crippen molar-refractivity contribution in [1.82, 2.24) is 4.57 Å². The van der Waals surface area contributed by atoms with Crippen molar-refractivity contribution < 1.29 is 22.7 Å². The number of carbonyl (C=O) groups is 1. The van der Waals surface area contributed by atoms with E-state index in [4.69, 9.17) is 9.47 Å². The van der Waals surface area contributed by atoms with Gasteiger partial charge >= 0.3 is 0 Å². The number of hydrogen-bond acceptors (Lipinski definition) is 7. The first kappa shape index (κ1) is 28.1. The summed E-state index contributed by atoms with van der Waals surface area (Å²) in [5.41, 5.74) is 6.45. The molecule has 1 aromatic heterocycles. The highest BCUT2D eigenvalue weighted by Crippen LogP contribution is 2.42. The van der Waals surface area contributed by atoms with E-state index in [2.05, 4.69) is 57.1 Å². The Morgan fingerprint density at radius 1 is 0.927 bits per heavy atom. The second-order valence-electron chi connectivity index (χ2n) is 11.5. The largest absolute Gasteiger partial charge is 0.381 e. The summed E-state index contributed by atoms with van der Waals surface area (Å²) in [6.07, 6.45) is 3.82. The maximum absolute atomic E-state index is 12.2. The van der Waals surface area contributed by atoms with Gasteiger partial charge in [0, 0.05) is 88.0 Å². The average Bonchev–Trinajstić information content (AvgIpc) is 3.37. The number of carbonyl (C=O) groups excluding carboxylic acids is 1. The molecule has 0 radical (unpaired) electrons. The Hall–Kier alpha value is -3.08. The molecule has 0 spiro atoms. The van der Waals surface area contributed by atoms with Gasteiger partial charge in [-0.3, -0.25) is 4.79 Å².